The average molecular weight is 315 g/mol. The fraction of sp³-hybridized carbons (Fsp3) is 0.429. The SMILES string of the molecule is CC1CC(C(=O)O)CN(C(=O)Nc2cccc(F)c2Cl)C1. The van der Waals surface area contributed by atoms with E-state index in [-0.39, 0.29) is 23.2 Å². The number of halogens is 2. The highest BCUT2D eigenvalue weighted by molar-refractivity contribution is 6.33. The van der Waals surface area contributed by atoms with Crippen LogP contribution >= 0.6 is 11.6 Å². The monoisotopic (exact) mass is 314 g/mol. The molecule has 0 aromatic heterocycles. The van der Waals surface area contributed by atoms with E-state index in [4.69, 9.17) is 16.7 Å². The topological polar surface area (TPSA) is 69.6 Å². The molecule has 0 radical (unpaired) electrons. The molecule has 2 rings (SSSR count). The Morgan fingerprint density at radius 3 is 2.81 bits per heavy atom. The van der Waals surface area contributed by atoms with Crippen LogP contribution in [0, 0.1) is 17.7 Å². The third-order valence-electron chi connectivity index (χ3n) is 3.49. The standard InChI is InChI=1S/C14H16ClFN2O3/c1-8-5-9(13(19)20)7-18(6-8)14(21)17-11-4-2-3-10(16)12(11)15/h2-4,8-9H,5-7H2,1H3,(H,17,21)(H,19,20). The van der Waals surface area contributed by atoms with Crippen LogP contribution in [0.3, 0.4) is 0 Å². The number of carboxylic acids is 1. The smallest absolute Gasteiger partial charge is 0.321 e. The Hall–Kier alpha value is -1.82. The zero-order valence-electron chi connectivity index (χ0n) is 11.5. The summed E-state index contributed by atoms with van der Waals surface area (Å²) in [6.07, 6.45) is 0.542. The molecule has 2 N–H and O–H groups in total. The van der Waals surface area contributed by atoms with Crippen molar-refractivity contribution in [3.8, 4) is 0 Å². The molecule has 5 nitrogen and oxygen atoms in total. The number of anilines is 1. The second-order valence-electron chi connectivity index (χ2n) is 5.31. The molecule has 1 heterocycles. The van der Waals surface area contributed by atoms with E-state index in [0.29, 0.717) is 13.0 Å². The van der Waals surface area contributed by atoms with Crippen LogP contribution in [0.1, 0.15) is 13.3 Å². The lowest BCUT2D eigenvalue weighted by Crippen LogP contribution is -2.47. The van der Waals surface area contributed by atoms with E-state index in [1.54, 1.807) is 0 Å². The van der Waals surface area contributed by atoms with Gasteiger partial charge in [-0.05, 0) is 24.5 Å². The van der Waals surface area contributed by atoms with Gasteiger partial charge in [-0.2, -0.15) is 0 Å². The molecule has 7 heteroatoms. The normalized spacial score (nSPS) is 22.0. The second kappa shape index (κ2) is 6.30. The molecule has 2 amide bonds. The van der Waals surface area contributed by atoms with Crippen molar-refractivity contribution in [2.45, 2.75) is 13.3 Å². The summed E-state index contributed by atoms with van der Waals surface area (Å²) in [5, 5.41) is 11.5. The number of hydrogen-bond acceptors (Lipinski definition) is 2. The summed E-state index contributed by atoms with van der Waals surface area (Å²) in [4.78, 5) is 24.7. The third-order valence-corrected chi connectivity index (χ3v) is 3.87. The number of nitrogens with one attached hydrogen (secondary N) is 1. The highest BCUT2D eigenvalue weighted by Gasteiger charge is 2.32. The lowest BCUT2D eigenvalue weighted by molar-refractivity contribution is -0.143. The molecule has 1 aliphatic rings. The quantitative estimate of drug-likeness (QED) is 0.881. The number of amides is 2. The van der Waals surface area contributed by atoms with Crippen LogP contribution < -0.4 is 5.32 Å². The first-order valence-electron chi connectivity index (χ1n) is 6.61. The van der Waals surface area contributed by atoms with Crippen molar-refractivity contribution in [2.75, 3.05) is 18.4 Å². The Bertz CT molecular complexity index is 567. The Morgan fingerprint density at radius 1 is 1.43 bits per heavy atom. The molecule has 0 aliphatic carbocycles. The highest BCUT2D eigenvalue weighted by atomic mass is 35.5. The van der Waals surface area contributed by atoms with Crippen LogP contribution in [-0.4, -0.2) is 35.1 Å². The van der Waals surface area contributed by atoms with Gasteiger partial charge in [0.05, 0.1) is 16.6 Å². The van der Waals surface area contributed by atoms with E-state index in [1.165, 1.54) is 23.1 Å². The van der Waals surface area contributed by atoms with Crippen LogP contribution in [0.5, 0.6) is 0 Å². The van der Waals surface area contributed by atoms with Gasteiger partial charge in [0.2, 0.25) is 0 Å². The molecule has 1 saturated heterocycles. The molecule has 2 unspecified atom stereocenters. The Kier molecular flexibility index (Phi) is 4.67. The average Bonchev–Trinajstić information content (AvgIpc) is 2.43. The minimum absolute atomic E-state index is 0.0913. The first-order valence-corrected chi connectivity index (χ1v) is 6.99. The van der Waals surface area contributed by atoms with E-state index >= 15 is 0 Å². The van der Waals surface area contributed by atoms with Crippen LogP contribution in [0.2, 0.25) is 5.02 Å². The molecule has 21 heavy (non-hydrogen) atoms. The summed E-state index contributed by atoms with van der Waals surface area (Å²) in [6.45, 7) is 2.49. The van der Waals surface area contributed by atoms with Gasteiger partial charge in [0.1, 0.15) is 5.82 Å². The van der Waals surface area contributed by atoms with Gasteiger partial charge in [-0.3, -0.25) is 4.79 Å². The van der Waals surface area contributed by atoms with Crippen LogP contribution in [0.4, 0.5) is 14.9 Å². The summed E-state index contributed by atoms with van der Waals surface area (Å²) in [5.74, 6) is -2.02. The maximum Gasteiger partial charge on any atom is 0.321 e. The zero-order valence-corrected chi connectivity index (χ0v) is 12.2. The van der Waals surface area contributed by atoms with Crippen molar-refractivity contribution in [3.63, 3.8) is 0 Å². The highest BCUT2D eigenvalue weighted by Crippen LogP contribution is 2.26. The summed E-state index contributed by atoms with van der Waals surface area (Å²) >= 11 is 5.78. The minimum Gasteiger partial charge on any atom is -0.481 e. The van der Waals surface area contributed by atoms with Crippen molar-refractivity contribution < 1.29 is 19.1 Å². The number of hydrogen-bond donors (Lipinski definition) is 2. The van der Waals surface area contributed by atoms with Gasteiger partial charge in [0.25, 0.3) is 0 Å². The van der Waals surface area contributed by atoms with Crippen molar-refractivity contribution in [3.05, 3.63) is 29.0 Å². The summed E-state index contributed by atoms with van der Waals surface area (Å²) in [7, 11) is 0. The molecular weight excluding hydrogens is 299 g/mol. The lowest BCUT2D eigenvalue weighted by atomic mass is 9.91. The second-order valence-corrected chi connectivity index (χ2v) is 5.69. The summed E-state index contributed by atoms with van der Waals surface area (Å²) < 4.78 is 13.3. The number of likely N-dealkylation sites (tertiary alicyclic amines) is 1. The van der Waals surface area contributed by atoms with Crippen molar-refractivity contribution in [1.29, 1.82) is 0 Å². The van der Waals surface area contributed by atoms with E-state index < -0.39 is 23.7 Å². The minimum atomic E-state index is -0.914. The maximum absolute atomic E-state index is 13.3. The first kappa shape index (κ1) is 15.6. The van der Waals surface area contributed by atoms with Crippen molar-refractivity contribution in [2.24, 2.45) is 11.8 Å². The number of nitrogens with zero attached hydrogens (tertiary/aromatic N) is 1. The number of carbonyl (C=O) groups is 2. The maximum atomic E-state index is 13.3. The van der Waals surface area contributed by atoms with E-state index in [9.17, 15) is 14.0 Å². The van der Waals surface area contributed by atoms with Crippen LogP contribution in [-0.2, 0) is 4.79 Å². The molecule has 1 aromatic rings. The number of rotatable bonds is 2. The lowest BCUT2D eigenvalue weighted by Gasteiger charge is -2.34. The summed E-state index contributed by atoms with van der Waals surface area (Å²) in [5.41, 5.74) is 0.173. The van der Waals surface area contributed by atoms with Crippen molar-refractivity contribution >= 4 is 29.3 Å². The van der Waals surface area contributed by atoms with E-state index in [2.05, 4.69) is 5.32 Å². The third kappa shape index (κ3) is 3.64. The largest absolute Gasteiger partial charge is 0.481 e. The van der Waals surface area contributed by atoms with Gasteiger partial charge in [0.15, 0.2) is 0 Å². The van der Waals surface area contributed by atoms with Crippen molar-refractivity contribution in [1.82, 2.24) is 4.90 Å². The molecule has 0 spiro atoms. The zero-order chi connectivity index (χ0) is 15.6. The first-order chi connectivity index (χ1) is 9.88. The van der Waals surface area contributed by atoms with Gasteiger partial charge in [-0.25, -0.2) is 9.18 Å². The van der Waals surface area contributed by atoms with Gasteiger partial charge in [0, 0.05) is 13.1 Å². The molecule has 2 atom stereocenters. The molecule has 0 saturated carbocycles. The Morgan fingerprint density at radius 2 is 2.14 bits per heavy atom. The predicted molar refractivity (Wildman–Crippen MR) is 76.9 cm³/mol. The van der Waals surface area contributed by atoms with Crippen LogP contribution in [0.25, 0.3) is 0 Å². The molecule has 0 bridgehead atoms. The number of piperidine rings is 1. The van der Waals surface area contributed by atoms with E-state index in [1.807, 2.05) is 6.92 Å². The van der Waals surface area contributed by atoms with Crippen LogP contribution in [0.15, 0.2) is 18.2 Å². The molecule has 1 aliphatic heterocycles. The number of urea groups is 1. The number of benzene rings is 1. The van der Waals surface area contributed by atoms with Gasteiger partial charge < -0.3 is 15.3 Å². The molecular formula is C14H16ClFN2O3. The van der Waals surface area contributed by atoms with Gasteiger partial charge in [-0.1, -0.05) is 24.6 Å². The Labute approximate surface area is 126 Å². The molecule has 114 valence electrons. The number of carboxylic acid groups (broad SMARTS) is 1. The van der Waals surface area contributed by atoms with Gasteiger partial charge in [-0.15, -0.1) is 0 Å². The molecule has 1 fully saturated rings. The summed E-state index contributed by atoms with van der Waals surface area (Å²) in [6, 6.07) is 3.66. The fourth-order valence-corrected chi connectivity index (χ4v) is 2.66. The predicted octanol–water partition coefficient (Wildman–Crippen LogP) is 3.05. The number of carbonyl (C=O) groups excluding carboxylic acids is 1. The Balaban J connectivity index is 2.09. The number of aliphatic carboxylic acids is 1. The van der Waals surface area contributed by atoms with E-state index in [0.717, 1.165) is 0 Å². The molecule has 1 aromatic carbocycles. The fourth-order valence-electron chi connectivity index (χ4n) is 2.49. The van der Waals surface area contributed by atoms with Gasteiger partial charge >= 0.3 is 12.0 Å².